The van der Waals surface area contributed by atoms with E-state index in [1.165, 1.54) is 24.3 Å². The van der Waals surface area contributed by atoms with E-state index in [1.54, 1.807) is 6.07 Å². The fraction of sp³-hybridized carbons (Fsp3) is 0.0625. The summed E-state index contributed by atoms with van der Waals surface area (Å²) < 4.78 is 27.1. The maximum atomic E-state index is 12.3. The van der Waals surface area contributed by atoms with Gasteiger partial charge < -0.3 is 5.73 Å². The van der Waals surface area contributed by atoms with Gasteiger partial charge in [0.2, 0.25) is 15.7 Å². The molecule has 0 spiro atoms. The SMILES string of the molecule is N#C/C(=N\Nc1ccc(S(=O)(=O)NCc2ccccc2)cc1)C(=N)N. The first-order chi connectivity index (χ1) is 11.9. The Hall–Kier alpha value is -3.22. The van der Waals surface area contributed by atoms with E-state index in [2.05, 4.69) is 15.2 Å². The molecule has 0 saturated carbocycles. The number of hydrazone groups is 1. The molecule has 0 aliphatic rings. The van der Waals surface area contributed by atoms with Crippen LogP contribution in [-0.2, 0) is 16.6 Å². The van der Waals surface area contributed by atoms with Gasteiger partial charge in [0.1, 0.15) is 6.07 Å². The lowest BCUT2D eigenvalue weighted by atomic mass is 10.2. The topological polar surface area (TPSA) is 144 Å². The van der Waals surface area contributed by atoms with E-state index in [0.717, 1.165) is 5.56 Å². The summed E-state index contributed by atoms with van der Waals surface area (Å²) in [6.07, 6.45) is 0. The van der Waals surface area contributed by atoms with E-state index >= 15 is 0 Å². The molecule has 2 aromatic carbocycles. The number of nitrogens with one attached hydrogen (secondary N) is 3. The second kappa shape index (κ2) is 8.05. The Kier molecular flexibility index (Phi) is 5.84. The monoisotopic (exact) mass is 356 g/mol. The molecule has 0 saturated heterocycles. The minimum absolute atomic E-state index is 0.102. The smallest absolute Gasteiger partial charge is 0.240 e. The van der Waals surface area contributed by atoms with E-state index in [-0.39, 0.29) is 17.2 Å². The van der Waals surface area contributed by atoms with Gasteiger partial charge in [-0.1, -0.05) is 30.3 Å². The van der Waals surface area contributed by atoms with Crippen LogP contribution in [0.4, 0.5) is 5.69 Å². The standard InChI is InChI=1S/C16H16N6O2S/c17-10-15(16(18)19)22-21-13-6-8-14(9-7-13)25(23,24)20-11-12-4-2-1-3-5-12/h1-9,20-21H,11H2,(H3,18,19)/b22-15+. The average molecular weight is 356 g/mol. The molecule has 0 unspecified atom stereocenters. The van der Waals surface area contributed by atoms with Gasteiger partial charge in [0.15, 0.2) is 5.84 Å². The first-order valence-corrected chi connectivity index (χ1v) is 8.62. The fourth-order valence-electron chi connectivity index (χ4n) is 1.83. The van der Waals surface area contributed by atoms with Gasteiger partial charge in [-0.25, -0.2) is 13.1 Å². The van der Waals surface area contributed by atoms with Crippen LogP contribution < -0.4 is 15.9 Å². The summed E-state index contributed by atoms with van der Waals surface area (Å²) in [5.41, 5.74) is 8.76. The third kappa shape index (κ3) is 5.13. The second-order valence-electron chi connectivity index (χ2n) is 4.93. The normalized spacial score (nSPS) is 11.6. The van der Waals surface area contributed by atoms with Crippen molar-refractivity contribution in [2.75, 3.05) is 5.43 Å². The maximum absolute atomic E-state index is 12.3. The summed E-state index contributed by atoms with van der Waals surface area (Å²) in [6.45, 7) is 0.192. The van der Waals surface area contributed by atoms with Crippen molar-refractivity contribution in [2.24, 2.45) is 10.8 Å². The number of benzene rings is 2. The molecule has 0 amide bonds. The molecular weight excluding hydrogens is 340 g/mol. The van der Waals surface area contributed by atoms with Crippen LogP contribution >= 0.6 is 0 Å². The zero-order valence-electron chi connectivity index (χ0n) is 13.1. The van der Waals surface area contributed by atoms with Crippen molar-refractivity contribution >= 4 is 27.3 Å². The second-order valence-corrected chi connectivity index (χ2v) is 6.70. The number of nitrogens with two attached hydrogens (primary N) is 1. The molecule has 2 aromatic rings. The number of amidine groups is 1. The molecule has 128 valence electrons. The van der Waals surface area contributed by atoms with E-state index in [0.29, 0.717) is 5.69 Å². The molecule has 0 fully saturated rings. The lowest BCUT2D eigenvalue weighted by Gasteiger charge is -2.08. The van der Waals surface area contributed by atoms with Crippen LogP contribution in [0.5, 0.6) is 0 Å². The molecule has 0 aliphatic heterocycles. The predicted molar refractivity (Wildman–Crippen MR) is 95.5 cm³/mol. The summed E-state index contributed by atoms with van der Waals surface area (Å²) in [6, 6.07) is 16.7. The van der Waals surface area contributed by atoms with Crippen molar-refractivity contribution in [1.82, 2.24) is 4.72 Å². The Balaban J connectivity index is 2.05. The van der Waals surface area contributed by atoms with Crippen molar-refractivity contribution < 1.29 is 8.42 Å². The third-order valence-corrected chi connectivity index (χ3v) is 4.55. The van der Waals surface area contributed by atoms with E-state index in [1.807, 2.05) is 30.3 Å². The average Bonchev–Trinajstić information content (AvgIpc) is 2.62. The van der Waals surface area contributed by atoms with Crippen LogP contribution in [-0.4, -0.2) is 20.0 Å². The van der Waals surface area contributed by atoms with Crippen LogP contribution in [0.1, 0.15) is 5.56 Å². The van der Waals surface area contributed by atoms with Crippen molar-refractivity contribution in [3.63, 3.8) is 0 Å². The van der Waals surface area contributed by atoms with Crippen LogP contribution in [0.3, 0.4) is 0 Å². The minimum Gasteiger partial charge on any atom is -0.382 e. The number of nitriles is 1. The molecule has 0 bridgehead atoms. The van der Waals surface area contributed by atoms with Gasteiger partial charge in [-0.05, 0) is 29.8 Å². The first kappa shape index (κ1) is 18.1. The van der Waals surface area contributed by atoms with Crippen LogP contribution in [0.15, 0.2) is 64.6 Å². The molecule has 0 heterocycles. The predicted octanol–water partition coefficient (Wildman–Crippen LogP) is 1.39. The number of anilines is 1. The molecule has 5 N–H and O–H groups in total. The lowest BCUT2D eigenvalue weighted by Crippen LogP contribution is -2.23. The largest absolute Gasteiger partial charge is 0.382 e. The Morgan fingerprint density at radius 1 is 1.16 bits per heavy atom. The lowest BCUT2D eigenvalue weighted by molar-refractivity contribution is 0.581. The van der Waals surface area contributed by atoms with Crippen LogP contribution in [0.2, 0.25) is 0 Å². The summed E-state index contributed by atoms with van der Waals surface area (Å²) >= 11 is 0. The van der Waals surface area contributed by atoms with Crippen LogP contribution in [0, 0.1) is 16.7 Å². The van der Waals surface area contributed by atoms with E-state index in [9.17, 15) is 8.42 Å². The highest BCUT2D eigenvalue weighted by atomic mass is 32.2. The van der Waals surface area contributed by atoms with Gasteiger partial charge in [-0.3, -0.25) is 10.8 Å². The van der Waals surface area contributed by atoms with Gasteiger partial charge in [0, 0.05) is 6.54 Å². The minimum atomic E-state index is -3.64. The van der Waals surface area contributed by atoms with Gasteiger partial charge in [-0.15, -0.1) is 0 Å². The molecule has 25 heavy (non-hydrogen) atoms. The number of sulfonamides is 1. The number of nitrogens with zero attached hydrogens (tertiary/aromatic N) is 2. The Morgan fingerprint density at radius 2 is 1.80 bits per heavy atom. The number of hydrogen-bond acceptors (Lipinski definition) is 6. The molecule has 2 rings (SSSR count). The Bertz CT molecular complexity index is 915. The molecule has 0 aromatic heterocycles. The molecule has 8 nitrogen and oxygen atoms in total. The zero-order chi connectivity index (χ0) is 18.3. The summed E-state index contributed by atoms with van der Waals surface area (Å²) in [5.74, 6) is -0.459. The van der Waals surface area contributed by atoms with Gasteiger partial charge >= 0.3 is 0 Å². The first-order valence-electron chi connectivity index (χ1n) is 7.14. The highest BCUT2D eigenvalue weighted by Crippen LogP contribution is 2.14. The van der Waals surface area contributed by atoms with Gasteiger partial charge in [0.05, 0.1) is 10.6 Å². The van der Waals surface area contributed by atoms with E-state index in [4.69, 9.17) is 16.4 Å². The summed E-state index contributed by atoms with van der Waals surface area (Å²) in [5, 5.41) is 19.6. The Morgan fingerprint density at radius 3 is 2.36 bits per heavy atom. The molecular formula is C16H16N6O2S. The van der Waals surface area contributed by atoms with E-state index < -0.39 is 15.9 Å². The number of rotatable bonds is 7. The summed E-state index contributed by atoms with van der Waals surface area (Å²) in [7, 11) is -3.64. The molecule has 0 atom stereocenters. The summed E-state index contributed by atoms with van der Waals surface area (Å²) in [4.78, 5) is 0.102. The quantitative estimate of drug-likeness (QED) is 0.336. The van der Waals surface area contributed by atoms with Crippen molar-refractivity contribution in [2.45, 2.75) is 11.4 Å². The Labute approximate surface area is 145 Å². The zero-order valence-corrected chi connectivity index (χ0v) is 13.9. The third-order valence-electron chi connectivity index (χ3n) is 3.13. The molecule has 0 radical (unpaired) electrons. The number of hydrogen-bond donors (Lipinski definition) is 4. The van der Waals surface area contributed by atoms with Crippen molar-refractivity contribution in [3.8, 4) is 6.07 Å². The van der Waals surface area contributed by atoms with Crippen molar-refractivity contribution in [3.05, 3.63) is 60.2 Å². The highest BCUT2D eigenvalue weighted by molar-refractivity contribution is 7.89. The molecule has 0 aliphatic carbocycles. The van der Waals surface area contributed by atoms with Gasteiger partial charge in [0.25, 0.3) is 0 Å². The fourth-order valence-corrected chi connectivity index (χ4v) is 2.85. The molecule has 9 heteroatoms. The highest BCUT2D eigenvalue weighted by Gasteiger charge is 2.13. The van der Waals surface area contributed by atoms with Crippen LogP contribution in [0.25, 0.3) is 0 Å². The van der Waals surface area contributed by atoms with Gasteiger partial charge in [-0.2, -0.15) is 10.4 Å². The maximum Gasteiger partial charge on any atom is 0.240 e. The van der Waals surface area contributed by atoms with Crippen molar-refractivity contribution in [1.29, 1.82) is 10.7 Å².